The van der Waals surface area contributed by atoms with Gasteiger partial charge < -0.3 is 9.84 Å². The molecule has 1 aliphatic heterocycles. The lowest BCUT2D eigenvalue weighted by Gasteiger charge is -2.31. The number of hydrogen-bond donors (Lipinski definition) is 1. The smallest absolute Gasteiger partial charge is 0.320 e. The molecule has 5 heteroatoms. The number of carbonyl (C=O) groups is 1. The van der Waals surface area contributed by atoms with Crippen molar-refractivity contribution in [1.29, 1.82) is 0 Å². The van der Waals surface area contributed by atoms with Crippen LogP contribution in [0.1, 0.15) is 29.3 Å². The number of nitrogens with zero attached hydrogens (tertiary/aromatic N) is 1. The van der Waals surface area contributed by atoms with E-state index in [9.17, 15) is 9.90 Å². The Morgan fingerprint density at radius 3 is 2.73 bits per heavy atom. The summed E-state index contributed by atoms with van der Waals surface area (Å²) in [5.74, 6) is 0.0810. The SMILES string of the molecule is COc1ccc(C(c2cccs2)N2CCCC2C(=O)O)cc1. The minimum absolute atomic E-state index is 0.00509. The van der Waals surface area contributed by atoms with Crippen LogP contribution in [-0.4, -0.2) is 35.7 Å². The summed E-state index contributed by atoms with van der Waals surface area (Å²) < 4.78 is 5.22. The zero-order chi connectivity index (χ0) is 15.5. The molecule has 2 atom stereocenters. The molecule has 0 saturated carbocycles. The van der Waals surface area contributed by atoms with E-state index in [2.05, 4.69) is 11.0 Å². The van der Waals surface area contributed by atoms with Crippen LogP contribution < -0.4 is 4.74 Å². The van der Waals surface area contributed by atoms with E-state index >= 15 is 0 Å². The van der Waals surface area contributed by atoms with Crippen molar-refractivity contribution in [2.75, 3.05) is 13.7 Å². The third-order valence-corrected chi connectivity index (χ3v) is 5.08. The van der Waals surface area contributed by atoms with Gasteiger partial charge >= 0.3 is 5.97 Å². The number of rotatable bonds is 5. The second-order valence-corrected chi connectivity index (χ2v) is 6.40. The van der Waals surface area contributed by atoms with Gasteiger partial charge in [-0.25, -0.2) is 0 Å². The third-order valence-electron chi connectivity index (χ3n) is 4.16. The first-order chi connectivity index (χ1) is 10.7. The van der Waals surface area contributed by atoms with Gasteiger partial charge in [0.15, 0.2) is 0 Å². The van der Waals surface area contributed by atoms with Crippen LogP contribution in [0.25, 0.3) is 0 Å². The second-order valence-electron chi connectivity index (χ2n) is 5.43. The number of ether oxygens (including phenoxy) is 1. The molecule has 0 spiro atoms. The van der Waals surface area contributed by atoms with Crippen molar-refractivity contribution in [2.24, 2.45) is 0 Å². The van der Waals surface area contributed by atoms with Gasteiger partial charge in [-0.1, -0.05) is 18.2 Å². The molecule has 2 aromatic rings. The van der Waals surface area contributed by atoms with Gasteiger partial charge in [-0.15, -0.1) is 11.3 Å². The molecule has 2 heterocycles. The molecule has 22 heavy (non-hydrogen) atoms. The van der Waals surface area contributed by atoms with Crippen molar-refractivity contribution in [3.63, 3.8) is 0 Å². The number of aliphatic carboxylic acids is 1. The van der Waals surface area contributed by atoms with E-state index in [1.165, 1.54) is 4.88 Å². The van der Waals surface area contributed by atoms with Gasteiger partial charge in [-0.3, -0.25) is 9.69 Å². The van der Waals surface area contributed by atoms with Crippen molar-refractivity contribution >= 4 is 17.3 Å². The van der Waals surface area contributed by atoms with E-state index in [-0.39, 0.29) is 6.04 Å². The van der Waals surface area contributed by atoms with Crippen LogP contribution >= 0.6 is 11.3 Å². The van der Waals surface area contributed by atoms with Gasteiger partial charge in [0.05, 0.1) is 13.2 Å². The van der Waals surface area contributed by atoms with E-state index in [4.69, 9.17) is 4.74 Å². The molecule has 1 aromatic carbocycles. The normalized spacial score (nSPS) is 20.0. The van der Waals surface area contributed by atoms with Crippen molar-refractivity contribution in [3.05, 3.63) is 52.2 Å². The van der Waals surface area contributed by atoms with E-state index in [0.29, 0.717) is 6.42 Å². The summed E-state index contributed by atoms with van der Waals surface area (Å²) in [7, 11) is 1.65. The number of benzene rings is 1. The van der Waals surface area contributed by atoms with Gasteiger partial charge in [-0.05, 0) is 42.0 Å². The van der Waals surface area contributed by atoms with E-state index in [0.717, 1.165) is 24.3 Å². The van der Waals surface area contributed by atoms with E-state index < -0.39 is 12.0 Å². The minimum atomic E-state index is -0.729. The molecule has 0 radical (unpaired) electrons. The number of carboxylic acids is 1. The molecule has 1 N–H and O–H groups in total. The molecule has 0 aliphatic carbocycles. The van der Waals surface area contributed by atoms with Gasteiger partial charge in [0.1, 0.15) is 11.8 Å². The summed E-state index contributed by atoms with van der Waals surface area (Å²) in [6.07, 6.45) is 1.64. The predicted octanol–water partition coefficient (Wildman–Crippen LogP) is 3.40. The molecule has 0 amide bonds. The molecule has 1 aliphatic rings. The quantitative estimate of drug-likeness (QED) is 0.918. The molecular weight excluding hydrogens is 298 g/mol. The molecular formula is C17H19NO3S. The summed E-state index contributed by atoms with van der Waals surface area (Å²) in [5, 5.41) is 11.5. The molecule has 4 nitrogen and oxygen atoms in total. The van der Waals surface area contributed by atoms with E-state index in [1.54, 1.807) is 18.4 Å². The zero-order valence-electron chi connectivity index (χ0n) is 12.4. The molecule has 3 rings (SSSR count). The Hall–Kier alpha value is -1.85. The Labute approximate surface area is 134 Å². The number of carboxylic acid groups (broad SMARTS) is 1. The maximum absolute atomic E-state index is 11.6. The first kappa shape index (κ1) is 15.1. The number of likely N-dealkylation sites (tertiary alicyclic amines) is 1. The number of methoxy groups -OCH3 is 1. The van der Waals surface area contributed by atoms with Crippen LogP contribution in [0.3, 0.4) is 0 Å². The molecule has 1 saturated heterocycles. The van der Waals surface area contributed by atoms with Crippen LogP contribution in [0, 0.1) is 0 Å². The fraction of sp³-hybridized carbons (Fsp3) is 0.353. The molecule has 2 unspecified atom stereocenters. The Bertz CT molecular complexity index is 624. The Morgan fingerprint density at radius 2 is 2.14 bits per heavy atom. The topological polar surface area (TPSA) is 49.8 Å². The highest BCUT2D eigenvalue weighted by Gasteiger charge is 2.37. The van der Waals surface area contributed by atoms with Crippen LogP contribution in [0.4, 0.5) is 0 Å². The Morgan fingerprint density at radius 1 is 1.36 bits per heavy atom. The average molecular weight is 317 g/mol. The monoisotopic (exact) mass is 317 g/mol. The van der Waals surface area contributed by atoms with Crippen LogP contribution in [0.15, 0.2) is 41.8 Å². The van der Waals surface area contributed by atoms with Crippen LogP contribution in [0.5, 0.6) is 5.75 Å². The molecule has 116 valence electrons. The van der Waals surface area contributed by atoms with Gasteiger partial charge in [0.25, 0.3) is 0 Å². The summed E-state index contributed by atoms with van der Waals surface area (Å²) in [6.45, 7) is 0.811. The molecule has 1 aromatic heterocycles. The Kier molecular flexibility index (Phi) is 4.45. The second kappa shape index (κ2) is 6.50. The van der Waals surface area contributed by atoms with Gasteiger partial charge in [0, 0.05) is 11.4 Å². The fourth-order valence-corrected chi connectivity index (χ4v) is 3.99. The van der Waals surface area contributed by atoms with Crippen LogP contribution in [-0.2, 0) is 4.79 Å². The summed E-state index contributed by atoms with van der Waals surface area (Å²) in [4.78, 5) is 14.8. The first-order valence-corrected chi connectivity index (χ1v) is 8.24. The average Bonchev–Trinajstić information content (AvgIpc) is 3.20. The Balaban J connectivity index is 1.98. The maximum Gasteiger partial charge on any atom is 0.320 e. The summed E-state index contributed by atoms with van der Waals surface area (Å²) >= 11 is 1.67. The lowest BCUT2D eigenvalue weighted by Crippen LogP contribution is -2.38. The highest BCUT2D eigenvalue weighted by molar-refractivity contribution is 7.10. The van der Waals surface area contributed by atoms with Crippen molar-refractivity contribution in [1.82, 2.24) is 4.90 Å². The van der Waals surface area contributed by atoms with Crippen molar-refractivity contribution in [2.45, 2.75) is 24.9 Å². The minimum Gasteiger partial charge on any atom is -0.497 e. The standard InChI is InChI=1S/C17H19NO3S/c1-21-13-8-6-12(7-9-13)16(15-5-3-11-22-15)18-10-2-4-14(18)17(19)20/h3,5-9,11,14,16H,2,4,10H2,1H3,(H,19,20). The lowest BCUT2D eigenvalue weighted by molar-refractivity contribution is -0.142. The van der Waals surface area contributed by atoms with Crippen LogP contribution in [0.2, 0.25) is 0 Å². The van der Waals surface area contributed by atoms with Gasteiger partial charge in [0.2, 0.25) is 0 Å². The summed E-state index contributed by atoms with van der Waals surface area (Å²) in [6, 6.07) is 11.6. The third kappa shape index (κ3) is 2.87. The predicted molar refractivity (Wildman–Crippen MR) is 86.5 cm³/mol. The van der Waals surface area contributed by atoms with E-state index in [1.807, 2.05) is 35.7 Å². The zero-order valence-corrected chi connectivity index (χ0v) is 13.3. The molecule has 1 fully saturated rings. The summed E-state index contributed by atoms with van der Waals surface area (Å²) in [5.41, 5.74) is 1.11. The highest BCUT2D eigenvalue weighted by atomic mass is 32.1. The number of thiophene rings is 1. The number of hydrogen-bond acceptors (Lipinski definition) is 4. The van der Waals surface area contributed by atoms with Crippen molar-refractivity contribution < 1.29 is 14.6 Å². The largest absolute Gasteiger partial charge is 0.497 e. The maximum atomic E-state index is 11.6. The molecule has 0 bridgehead atoms. The highest BCUT2D eigenvalue weighted by Crippen LogP contribution is 2.37. The van der Waals surface area contributed by atoms with Crippen molar-refractivity contribution in [3.8, 4) is 5.75 Å². The van der Waals surface area contributed by atoms with Gasteiger partial charge in [-0.2, -0.15) is 0 Å². The first-order valence-electron chi connectivity index (χ1n) is 7.36. The fourth-order valence-electron chi connectivity index (χ4n) is 3.12. The lowest BCUT2D eigenvalue weighted by atomic mass is 10.0.